The lowest BCUT2D eigenvalue weighted by molar-refractivity contribution is 0.134. The van der Waals surface area contributed by atoms with Gasteiger partial charge in [0.25, 0.3) is 0 Å². The summed E-state index contributed by atoms with van der Waals surface area (Å²) in [6, 6.07) is 6.77. The van der Waals surface area contributed by atoms with E-state index in [1.165, 1.54) is 50.3 Å². The minimum Gasteiger partial charge on any atom is -0.325 e. The Hall–Kier alpha value is -1.66. The summed E-state index contributed by atoms with van der Waals surface area (Å²) >= 11 is 1.48. The number of aromatic nitrogens is 1. The number of urea groups is 1. The van der Waals surface area contributed by atoms with Crippen molar-refractivity contribution in [1.82, 2.24) is 14.2 Å². The Morgan fingerprint density at radius 1 is 1.22 bits per heavy atom. The number of fused-ring (bicyclic) bond motifs is 1. The van der Waals surface area contributed by atoms with E-state index in [1.54, 1.807) is 0 Å². The number of hydrogen-bond acceptors (Lipinski definition) is 4. The molecule has 1 aromatic heterocycles. The number of carbonyl (C=O) groups excluding carboxylic acids is 1. The molecule has 2 amide bonds. The lowest BCUT2D eigenvalue weighted by atomic mass is 9.92. The van der Waals surface area contributed by atoms with E-state index in [9.17, 15) is 4.79 Å². The van der Waals surface area contributed by atoms with Crippen LogP contribution in [0.15, 0.2) is 24.4 Å². The average molecular weight is 387 g/mol. The van der Waals surface area contributed by atoms with Crippen LogP contribution in [0, 0.1) is 5.92 Å². The van der Waals surface area contributed by atoms with Crippen molar-refractivity contribution in [2.75, 3.05) is 31.5 Å². The molecule has 0 spiro atoms. The summed E-state index contributed by atoms with van der Waals surface area (Å²) in [7, 11) is 0. The summed E-state index contributed by atoms with van der Waals surface area (Å²) in [5.41, 5.74) is 0.855. The van der Waals surface area contributed by atoms with Crippen molar-refractivity contribution in [2.24, 2.45) is 5.92 Å². The number of nitrogens with zero attached hydrogens (tertiary/aromatic N) is 3. The van der Waals surface area contributed by atoms with Crippen LogP contribution >= 0.6 is 11.5 Å². The van der Waals surface area contributed by atoms with Gasteiger partial charge in [0.15, 0.2) is 0 Å². The first-order valence-electron chi connectivity index (χ1n) is 10.3. The average Bonchev–Trinajstić information content (AvgIpc) is 3.15. The Balaban J connectivity index is 1.23. The van der Waals surface area contributed by atoms with E-state index in [0.29, 0.717) is 0 Å². The number of anilines is 1. The number of nitrogens with one attached hydrogen (secondary N) is 1. The van der Waals surface area contributed by atoms with Gasteiger partial charge in [-0.3, -0.25) is 0 Å². The third-order valence-corrected chi connectivity index (χ3v) is 7.05. The number of rotatable bonds is 4. The molecule has 5 nitrogen and oxygen atoms in total. The molecule has 1 N–H and O–H groups in total. The van der Waals surface area contributed by atoms with Crippen molar-refractivity contribution in [3.05, 3.63) is 24.4 Å². The molecule has 2 aliphatic rings. The van der Waals surface area contributed by atoms with Gasteiger partial charge < -0.3 is 15.1 Å². The van der Waals surface area contributed by atoms with Crippen LogP contribution in [0.1, 0.15) is 45.4 Å². The van der Waals surface area contributed by atoms with E-state index in [4.69, 9.17) is 0 Å². The summed E-state index contributed by atoms with van der Waals surface area (Å²) < 4.78 is 5.34. The zero-order valence-corrected chi connectivity index (χ0v) is 17.0. The van der Waals surface area contributed by atoms with Crippen LogP contribution in [0.3, 0.4) is 0 Å². The molecule has 3 heterocycles. The van der Waals surface area contributed by atoms with Gasteiger partial charge in [-0.2, -0.15) is 4.37 Å². The van der Waals surface area contributed by atoms with Crippen molar-refractivity contribution >= 4 is 33.3 Å². The van der Waals surface area contributed by atoms with Gasteiger partial charge in [0, 0.05) is 36.4 Å². The van der Waals surface area contributed by atoms with Gasteiger partial charge in [0.05, 0.1) is 4.70 Å². The third kappa shape index (κ3) is 4.61. The highest BCUT2D eigenvalue weighted by Crippen LogP contribution is 2.25. The highest BCUT2D eigenvalue weighted by molar-refractivity contribution is 7.13. The molecule has 146 valence electrons. The SMILES string of the molecule is CC1CCCCN1CCC1CCN(C(=O)Nc2ccc3sncc3c2)CC1. The first kappa shape index (κ1) is 18.7. The fraction of sp³-hybridized carbons (Fsp3) is 0.619. The molecule has 0 bridgehead atoms. The number of benzene rings is 1. The first-order chi connectivity index (χ1) is 13.2. The van der Waals surface area contributed by atoms with Crippen LogP contribution in [0.5, 0.6) is 0 Å². The minimum absolute atomic E-state index is 0.0284. The van der Waals surface area contributed by atoms with Crippen LogP contribution in [-0.2, 0) is 0 Å². The molecule has 6 heteroatoms. The number of hydrogen-bond donors (Lipinski definition) is 1. The van der Waals surface area contributed by atoms with E-state index in [1.807, 2.05) is 29.3 Å². The highest BCUT2D eigenvalue weighted by Gasteiger charge is 2.24. The third-order valence-electron chi connectivity index (χ3n) is 6.27. The topological polar surface area (TPSA) is 48.5 Å². The van der Waals surface area contributed by atoms with E-state index in [2.05, 4.69) is 21.5 Å². The monoisotopic (exact) mass is 386 g/mol. The van der Waals surface area contributed by atoms with Crippen molar-refractivity contribution in [3.63, 3.8) is 0 Å². The lowest BCUT2D eigenvalue weighted by Gasteiger charge is -2.36. The van der Waals surface area contributed by atoms with Gasteiger partial charge >= 0.3 is 6.03 Å². The molecule has 2 aliphatic heterocycles. The minimum atomic E-state index is 0.0284. The van der Waals surface area contributed by atoms with Crippen LogP contribution in [0.25, 0.3) is 10.1 Å². The molecule has 0 saturated carbocycles. The molecule has 2 saturated heterocycles. The van der Waals surface area contributed by atoms with Gasteiger partial charge in [-0.05, 0) is 87.8 Å². The van der Waals surface area contributed by atoms with E-state index in [-0.39, 0.29) is 6.03 Å². The molecule has 4 rings (SSSR count). The molecular formula is C21H30N4OS. The van der Waals surface area contributed by atoms with Gasteiger partial charge in [-0.1, -0.05) is 6.42 Å². The standard InChI is InChI=1S/C21H30N4OS/c1-16-4-2-3-10-24(16)11-7-17-8-12-25(13-9-17)21(26)23-19-5-6-20-18(14-19)15-22-27-20/h5-6,14-17H,2-4,7-13H2,1H3,(H,23,26). The molecule has 1 atom stereocenters. The summed E-state index contributed by atoms with van der Waals surface area (Å²) in [6.45, 7) is 6.61. The van der Waals surface area contributed by atoms with Crippen LogP contribution < -0.4 is 5.32 Å². The zero-order valence-electron chi connectivity index (χ0n) is 16.2. The Bertz CT molecular complexity index is 768. The van der Waals surface area contributed by atoms with Crippen molar-refractivity contribution in [2.45, 2.75) is 51.5 Å². The quantitative estimate of drug-likeness (QED) is 0.821. The highest BCUT2D eigenvalue weighted by atomic mass is 32.1. The molecule has 2 aromatic rings. The Labute approximate surface area is 165 Å². The zero-order chi connectivity index (χ0) is 18.6. The predicted octanol–water partition coefficient (Wildman–Crippen LogP) is 4.80. The smallest absolute Gasteiger partial charge is 0.321 e. The fourth-order valence-electron chi connectivity index (χ4n) is 4.42. The van der Waals surface area contributed by atoms with Crippen molar-refractivity contribution in [1.29, 1.82) is 0 Å². The summed E-state index contributed by atoms with van der Waals surface area (Å²) in [4.78, 5) is 17.2. The maximum absolute atomic E-state index is 12.6. The largest absolute Gasteiger partial charge is 0.325 e. The molecule has 1 unspecified atom stereocenters. The Kier molecular flexibility index (Phi) is 5.93. The van der Waals surface area contributed by atoms with Crippen molar-refractivity contribution < 1.29 is 4.79 Å². The molecule has 0 aliphatic carbocycles. The number of likely N-dealkylation sites (tertiary alicyclic amines) is 2. The van der Waals surface area contributed by atoms with Crippen LogP contribution in [0.4, 0.5) is 10.5 Å². The van der Waals surface area contributed by atoms with Gasteiger partial charge in [-0.25, -0.2) is 4.79 Å². The van der Waals surface area contributed by atoms with E-state index in [0.717, 1.165) is 53.7 Å². The van der Waals surface area contributed by atoms with Crippen LogP contribution in [0.2, 0.25) is 0 Å². The number of amides is 2. The summed E-state index contributed by atoms with van der Waals surface area (Å²) in [5.74, 6) is 0.761. The molecular weight excluding hydrogens is 356 g/mol. The van der Waals surface area contributed by atoms with E-state index < -0.39 is 0 Å². The Morgan fingerprint density at radius 3 is 2.89 bits per heavy atom. The second-order valence-corrected chi connectivity index (χ2v) is 8.94. The van der Waals surface area contributed by atoms with E-state index >= 15 is 0 Å². The normalized spacial score (nSPS) is 22.3. The van der Waals surface area contributed by atoms with Gasteiger partial charge in [-0.15, -0.1) is 0 Å². The second-order valence-electron chi connectivity index (χ2n) is 8.11. The summed E-state index contributed by atoms with van der Waals surface area (Å²) in [6.07, 6.45) is 9.49. The van der Waals surface area contributed by atoms with Gasteiger partial charge in [0.1, 0.15) is 0 Å². The predicted molar refractivity (Wildman–Crippen MR) is 112 cm³/mol. The van der Waals surface area contributed by atoms with Crippen molar-refractivity contribution in [3.8, 4) is 0 Å². The first-order valence-corrected chi connectivity index (χ1v) is 11.1. The second kappa shape index (κ2) is 8.57. The maximum Gasteiger partial charge on any atom is 0.321 e. The van der Waals surface area contributed by atoms with Crippen LogP contribution in [-0.4, -0.2) is 52.4 Å². The summed E-state index contributed by atoms with van der Waals surface area (Å²) in [5, 5.41) is 4.14. The molecule has 27 heavy (non-hydrogen) atoms. The molecule has 0 radical (unpaired) electrons. The maximum atomic E-state index is 12.6. The van der Waals surface area contributed by atoms with Gasteiger partial charge in [0.2, 0.25) is 0 Å². The number of piperidine rings is 2. The molecule has 1 aromatic carbocycles. The Morgan fingerprint density at radius 2 is 2.07 bits per heavy atom. The fourth-order valence-corrected chi connectivity index (χ4v) is 5.04. The number of carbonyl (C=O) groups is 1. The lowest BCUT2D eigenvalue weighted by Crippen LogP contribution is -2.42. The molecule has 2 fully saturated rings.